The van der Waals surface area contributed by atoms with Gasteiger partial charge in [-0.15, -0.1) is 0 Å². The van der Waals surface area contributed by atoms with E-state index in [-0.39, 0.29) is 0 Å². The van der Waals surface area contributed by atoms with Crippen LogP contribution in [0.1, 0.15) is 20.8 Å². The average molecular weight is 346 g/mol. The summed E-state index contributed by atoms with van der Waals surface area (Å²) >= 11 is 0. The van der Waals surface area contributed by atoms with E-state index < -0.39 is 0 Å². The molecule has 4 heteroatoms. The first kappa shape index (κ1) is 17.9. The van der Waals surface area contributed by atoms with Gasteiger partial charge in [0.05, 0.1) is 5.69 Å². The maximum absolute atomic E-state index is 4.89. The van der Waals surface area contributed by atoms with Gasteiger partial charge in [-0.1, -0.05) is 48.5 Å². The minimum absolute atomic E-state index is 0.738. The van der Waals surface area contributed by atoms with Crippen molar-refractivity contribution >= 4 is 17.5 Å². The molecule has 0 unspecified atom stereocenters. The van der Waals surface area contributed by atoms with Gasteiger partial charge in [0.15, 0.2) is 0 Å². The Morgan fingerprint density at radius 1 is 0.731 bits per heavy atom. The quantitative estimate of drug-likeness (QED) is 0.592. The molecule has 0 saturated heterocycles. The summed E-state index contributed by atoms with van der Waals surface area (Å²) in [6, 6.07) is 22.7. The molecule has 2 aromatic carbocycles. The second kappa shape index (κ2) is 8.48. The van der Waals surface area contributed by atoms with Crippen LogP contribution in [-0.2, 0) is 0 Å². The lowest BCUT2D eigenvalue weighted by Crippen LogP contribution is -2.25. The lowest BCUT2D eigenvalue weighted by atomic mass is 10.1. The van der Waals surface area contributed by atoms with Crippen molar-refractivity contribution in [1.29, 1.82) is 0 Å². The Hall–Kier alpha value is -2.88. The van der Waals surface area contributed by atoms with Crippen molar-refractivity contribution in [3.05, 3.63) is 66.7 Å². The molecule has 0 aliphatic heterocycles. The molecule has 0 bridgehead atoms. The van der Waals surface area contributed by atoms with Gasteiger partial charge in [-0.05, 0) is 32.9 Å². The standard InChI is InChI=1S/C22H26N4/c1-4-25(5-2)21-17-20(18-13-9-7-10-14-18)23-22(24-21)26(6-3)19-15-11-8-12-16-19/h7-17H,4-6H2,1-3H3. The van der Waals surface area contributed by atoms with Gasteiger partial charge < -0.3 is 9.80 Å². The highest BCUT2D eigenvalue weighted by Gasteiger charge is 2.16. The van der Waals surface area contributed by atoms with E-state index in [1.165, 1.54) is 0 Å². The molecule has 4 nitrogen and oxygen atoms in total. The van der Waals surface area contributed by atoms with E-state index in [4.69, 9.17) is 9.97 Å². The Morgan fingerprint density at radius 3 is 1.92 bits per heavy atom. The van der Waals surface area contributed by atoms with Crippen molar-refractivity contribution in [2.24, 2.45) is 0 Å². The van der Waals surface area contributed by atoms with Crippen molar-refractivity contribution in [1.82, 2.24) is 9.97 Å². The number of hydrogen-bond acceptors (Lipinski definition) is 4. The van der Waals surface area contributed by atoms with Gasteiger partial charge >= 0.3 is 0 Å². The molecular formula is C22H26N4. The summed E-state index contributed by atoms with van der Waals surface area (Å²) in [6.07, 6.45) is 0. The highest BCUT2D eigenvalue weighted by Crippen LogP contribution is 2.28. The number of nitrogens with zero attached hydrogens (tertiary/aromatic N) is 4. The molecular weight excluding hydrogens is 320 g/mol. The average Bonchev–Trinajstić information content (AvgIpc) is 2.71. The van der Waals surface area contributed by atoms with Crippen LogP contribution in [0.25, 0.3) is 11.3 Å². The third-order valence-electron chi connectivity index (χ3n) is 4.48. The van der Waals surface area contributed by atoms with E-state index in [0.29, 0.717) is 0 Å². The molecule has 0 spiro atoms. The monoisotopic (exact) mass is 346 g/mol. The Bertz CT molecular complexity index is 814. The zero-order valence-corrected chi connectivity index (χ0v) is 15.8. The minimum Gasteiger partial charge on any atom is -0.357 e. The van der Waals surface area contributed by atoms with E-state index in [2.05, 4.69) is 60.9 Å². The van der Waals surface area contributed by atoms with Crippen molar-refractivity contribution < 1.29 is 0 Å². The third kappa shape index (κ3) is 3.85. The fraction of sp³-hybridized carbons (Fsp3) is 0.273. The molecule has 3 rings (SSSR count). The lowest BCUT2D eigenvalue weighted by Gasteiger charge is -2.25. The van der Waals surface area contributed by atoms with E-state index in [1.54, 1.807) is 0 Å². The Kier molecular flexibility index (Phi) is 5.84. The molecule has 0 aliphatic carbocycles. The fourth-order valence-electron chi connectivity index (χ4n) is 3.06. The molecule has 1 aromatic heterocycles. The van der Waals surface area contributed by atoms with Gasteiger partial charge in [0.2, 0.25) is 5.95 Å². The van der Waals surface area contributed by atoms with Crippen molar-refractivity contribution in [3.63, 3.8) is 0 Å². The first-order chi connectivity index (χ1) is 12.8. The molecule has 134 valence electrons. The van der Waals surface area contributed by atoms with Crippen LogP contribution < -0.4 is 9.80 Å². The highest BCUT2D eigenvalue weighted by atomic mass is 15.3. The van der Waals surface area contributed by atoms with Crippen LogP contribution in [0, 0.1) is 0 Å². The second-order valence-electron chi connectivity index (χ2n) is 6.03. The summed E-state index contributed by atoms with van der Waals surface area (Å²) in [6.45, 7) is 9.07. The van der Waals surface area contributed by atoms with Crippen LogP contribution in [0.5, 0.6) is 0 Å². The normalized spacial score (nSPS) is 10.6. The summed E-state index contributed by atoms with van der Waals surface area (Å²) in [5, 5.41) is 0. The van der Waals surface area contributed by atoms with Crippen LogP contribution in [0.3, 0.4) is 0 Å². The summed E-state index contributed by atoms with van der Waals surface area (Å²) in [5.41, 5.74) is 3.16. The zero-order valence-electron chi connectivity index (χ0n) is 15.8. The zero-order chi connectivity index (χ0) is 18.4. The number of hydrogen-bond donors (Lipinski definition) is 0. The van der Waals surface area contributed by atoms with Crippen LogP contribution in [-0.4, -0.2) is 29.6 Å². The predicted octanol–water partition coefficient (Wildman–Crippen LogP) is 5.15. The topological polar surface area (TPSA) is 32.3 Å². The Morgan fingerprint density at radius 2 is 1.35 bits per heavy atom. The molecule has 0 radical (unpaired) electrons. The van der Waals surface area contributed by atoms with Crippen molar-refractivity contribution in [2.75, 3.05) is 29.4 Å². The fourth-order valence-corrected chi connectivity index (χ4v) is 3.06. The van der Waals surface area contributed by atoms with Gasteiger partial charge in [-0.3, -0.25) is 0 Å². The van der Waals surface area contributed by atoms with Crippen molar-refractivity contribution in [2.45, 2.75) is 20.8 Å². The first-order valence-electron chi connectivity index (χ1n) is 9.28. The van der Waals surface area contributed by atoms with Crippen LogP contribution >= 0.6 is 0 Å². The molecule has 0 N–H and O–H groups in total. The second-order valence-corrected chi connectivity index (χ2v) is 6.03. The molecule has 1 heterocycles. The summed E-state index contributed by atoms with van der Waals surface area (Å²) in [7, 11) is 0. The molecule has 0 amide bonds. The maximum atomic E-state index is 4.89. The van der Waals surface area contributed by atoms with Crippen LogP contribution in [0.4, 0.5) is 17.5 Å². The first-order valence-corrected chi connectivity index (χ1v) is 9.28. The van der Waals surface area contributed by atoms with Crippen LogP contribution in [0.2, 0.25) is 0 Å². The SMILES string of the molecule is CCN(CC)c1cc(-c2ccccc2)nc(N(CC)c2ccccc2)n1. The third-order valence-corrected chi connectivity index (χ3v) is 4.48. The van der Waals surface area contributed by atoms with Gasteiger partial charge in [0, 0.05) is 37.0 Å². The largest absolute Gasteiger partial charge is 0.357 e. The van der Waals surface area contributed by atoms with E-state index in [9.17, 15) is 0 Å². The number of rotatable bonds is 7. The summed E-state index contributed by atoms with van der Waals surface area (Å²) in [5.74, 6) is 1.70. The van der Waals surface area contributed by atoms with E-state index in [1.807, 2.05) is 36.4 Å². The minimum atomic E-state index is 0.738. The molecule has 0 fully saturated rings. The van der Waals surface area contributed by atoms with Gasteiger partial charge in [0.25, 0.3) is 0 Å². The predicted molar refractivity (Wildman–Crippen MR) is 110 cm³/mol. The van der Waals surface area contributed by atoms with E-state index in [0.717, 1.165) is 48.3 Å². The Labute approximate surface area is 156 Å². The maximum Gasteiger partial charge on any atom is 0.232 e. The number of para-hydroxylation sites is 1. The highest BCUT2D eigenvalue weighted by molar-refractivity contribution is 5.67. The van der Waals surface area contributed by atoms with Crippen molar-refractivity contribution in [3.8, 4) is 11.3 Å². The summed E-state index contributed by atoms with van der Waals surface area (Å²) in [4.78, 5) is 14.2. The Balaban J connectivity index is 2.13. The smallest absolute Gasteiger partial charge is 0.232 e. The van der Waals surface area contributed by atoms with E-state index >= 15 is 0 Å². The lowest BCUT2D eigenvalue weighted by molar-refractivity contribution is 0.835. The molecule has 0 saturated carbocycles. The summed E-state index contributed by atoms with van der Waals surface area (Å²) < 4.78 is 0. The van der Waals surface area contributed by atoms with Gasteiger partial charge in [0.1, 0.15) is 5.82 Å². The number of aromatic nitrogens is 2. The molecule has 3 aromatic rings. The number of anilines is 3. The molecule has 0 aliphatic rings. The molecule has 0 atom stereocenters. The number of benzene rings is 2. The molecule has 26 heavy (non-hydrogen) atoms. The van der Waals surface area contributed by atoms with Crippen LogP contribution in [0.15, 0.2) is 66.7 Å². The van der Waals surface area contributed by atoms with Gasteiger partial charge in [-0.25, -0.2) is 4.98 Å². The van der Waals surface area contributed by atoms with Gasteiger partial charge in [-0.2, -0.15) is 4.98 Å².